The van der Waals surface area contributed by atoms with E-state index in [1.165, 1.54) is 37.9 Å². The monoisotopic (exact) mass is 241 g/mol. The molecule has 1 aliphatic carbocycles. The van der Waals surface area contributed by atoms with Gasteiger partial charge in [0.25, 0.3) is 0 Å². The lowest BCUT2D eigenvalue weighted by Crippen LogP contribution is -2.45. The first-order chi connectivity index (χ1) is 7.45. The lowest BCUT2D eigenvalue weighted by molar-refractivity contribution is 0.150. The van der Waals surface area contributed by atoms with Crippen molar-refractivity contribution in [2.24, 2.45) is 11.3 Å². The van der Waals surface area contributed by atoms with Gasteiger partial charge in [-0.3, -0.25) is 5.32 Å². The minimum absolute atomic E-state index is 0.461. The molecule has 1 saturated carbocycles. The van der Waals surface area contributed by atoms with E-state index in [1.54, 1.807) is 0 Å². The first-order valence-corrected chi connectivity index (χ1v) is 7.85. The van der Waals surface area contributed by atoms with Crippen molar-refractivity contribution in [3.8, 4) is 0 Å². The molecule has 0 amide bonds. The third kappa shape index (κ3) is 2.59. The summed E-state index contributed by atoms with van der Waals surface area (Å²) in [4.78, 5) is 0.461. The fourth-order valence-electron chi connectivity index (χ4n) is 3.17. The number of nitrogens with one attached hydrogen (secondary N) is 1. The van der Waals surface area contributed by atoms with Crippen LogP contribution in [0.4, 0.5) is 0 Å². The molecule has 0 radical (unpaired) electrons. The van der Waals surface area contributed by atoms with Crippen LogP contribution in [0.3, 0.4) is 0 Å². The number of hydrogen-bond donors (Lipinski definition) is 1. The van der Waals surface area contributed by atoms with Crippen molar-refractivity contribution in [2.75, 3.05) is 5.75 Å². The van der Waals surface area contributed by atoms with Gasteiger partial charge < -0.3 is 0 Å². The molecule has 16 heavy (non-hydrogen) atoms. The Balaban J connectivity index is 1.90. The van der Waals surface area contributed by atoms with Crippen molar-refractivity contribution in [1.29, 1.82) is 0 Å². The summed E-state index contributed by atoms with van der Waals surface area (Å²) in [5.74, 6) is 2.26. The molecule has 1 heterocycles. The third-order valence-electron chi connectivity index (χ3n) is 4.54. The molecule has 1 N–H and O–H groups in total. The highest BCUT2D eigenvalue weighted by atomic mass is 32.2. The molecular formula is C14H27NS. The molecule has 2 heteroatoms. The first kappa shape index (κ1) is 12.8. The zero-order valence-electron chi connectivity index (χ0n) is 11.3. The Bertz CT molecular complexity index is 236. The second-order valence-electron chi connectivity index (χ2n) is 6.70. The summed E-state index contributed by atoms with van der Waals surface area (Å²) in [5, 5.41) is 3.89. The summed E-state index contributed by atoms with van der Waals surface area (Å²) >= 11 is 2.20. The van der Waals surface area contributed by atoms with Crippen LogP contribution in [0.25, 0.3) is 0 Å². The standard InChI is InChI=1S/C14H27NS/c1-5-12-10-16-14(15-12)8-6-11(7-9-14)13(2,3)4/h11-12,15H,5-10H2,1-4H3. The molecule has 1 spiro atoms. The van der Waals surface area contributed by atoms with Crippen molar-refractivity contribution >= 4 is 11.8 Å². The van der Waals surface area contributed by atoms with Gasteiger partial charge in [-0.05, 0) is 43.4 Å². The molecule has 0 bridgehead atoms. The molecule has 2 fully saturated rings. The molecule has 2 rings (SSSR count). The fourth-order valence-corrected chi connectivity index (χ4v) is 4.79. The van der Waals surface area contributed by atoms with Crippen LogP contribution in [-0.2, 0) is 0 Å². The number of hydrogen-bond acceptors (Lipinski definition) is 2. The fraction of sp³-hybridized carbons (Fsp3) is 1.00. The lowest BCUT2D eigenvalue weighted by atomic mass is 9.71. The van der Waals surface area contributed by atoms with E-state index in [2.05, 4.69) is 44.8 Å². The topological polar surface area (TPSA) is 12.0 Å². The van der Waals surface area contributed by atoms with Gasteiger partial charge in [0.05, 0.1) is 4.87 Å². The highest BCUT2D eigenvalue weighted by Crippen LogP contribution is 2.48. The Kier molecular flexibility index (Phi) is 3.61. The van der Waals surface area contributed by atoms with Crippen LogP contribution in [0, 0.1) is 11.3 Å². The van der Waals surface area contributed by atoms with Crippen LogP contribution in [0.15, 0.2) is 0 Å². The normalized spacial score (nSPS) is 40.5. The second kappa shape index (κ2) is 4.53. The van der Waals surface area contributed by atoms with E-state index in [4.69, 9.17) is 0 Å². The van der Waals surface area contributed by atoms with E-state index in [-0.39, 0.29) is 0 Å². The van der Waals surface area contributed by atoms with Crippen molar-refractivity contribution in [3.05, 3.63) is 0 Å². The predicted molar refractivity (Wildman–Crippen MR) is 73.8 cm³/mol. The summed E-state index contributed by atoms with van der Waals surface area (Å²) in [6, 6.07) is 0.774. The van der Waals surface area contributed by atoms with Gasteiger partial charge in [-0.25, -0.2) is 0 Å². The average Bonchev–Trinajstić information content (AvgIpc) is 2.61. The van der Waals surface area contributed by atoms with Crippen LogP contribution in [0.5, 0.6) is 0 Å². The molecule has 1 aliphatic heterocycles. The molecule has 0 aromatic heterocycles. The van der Waals surface area contributed by atoms with E-state index in [1.807, 2.05) is 0 Å². The van der Waals surface area contributed by atoms with E-state index in [9.17, 15) is 0 Å². The smallest absolute Gasteiger partial charge is 0.0648 e. The van der Waals surface area contributed by atoms with Crippen LogP contribution in [0.1, 0.15) is 59.8 Å². The highest BCUT2D eigenvalue weighted by Gasteiger charge is 2.43. The van der Waals surface area contributed by atoms with Crippen LogP contribution >= 0.6 is 11.8 Å². The van der Waals surface area contributed by atoms with E-state index < -0.39 is 0 Å². The molecule has 1 nitrogen and oxygen atoms in total. The molecule has 1 atom stereocenters. The lowest BCUT2D eigenvalue weighted by Gasteiger charge is -2.42. The number of thioether (sulfide) groups is 1. The summed E-state index contributed by atoms with van der Waals surface area (Å²) in [7, 11) is 0. The maximum absolute atomic E-state index is 3.89. The van der Waals surface area contributed by atoms with Crippen LogP contribution < -0.4 is 5.32 Å². The minimum Gasteiger partial charge on any atom is -0.299 e. The van der Waals surface area contributed by atoms with Gasteiger partial charge in [0, 0.05) is 11.8 Å². The molecule has 0 aromatic carbocycles. The third-order valence-corrected chi connectivity index (χ3v) is 6.19. The predicted octanol–water partition coefficient (Wildman–Crippen LogP) is 4.03. The van der Waals surface area contributed by atoms with Crippen LogP contribution in [-0.4, -0.2) is 16.7 Å². The van der Waals surface area contributed by atoms with E-state index in [0.29, 0.717) is 10.3 Å². The van der Waals surface area contributed by atoms with Gasteiger partial charge >= 0.3 is 0 Å². The number of rotatable bonds is 1. The molecule has 1 unspecified atom stereocenters. The zero-order valence-corrected chi connectivity index (χ0v) is 12.1. The minimum atomic E-state index is 0.461. The van der Waals surface area contributed by atoms with Crippen molar-refractivity contribution in [2.45, 2.75) is 70.7 Å². The molecule has 94 valence electrons. The van der Waals surface area contributed by atoms with Gasteiger partial charge in [-0.2, -0.15) is 0 Å². The quantitative estimate of drug-likeness (QED) is 0.744. The first-order valence-electron chi connectivity index (χ1n) is 6.87. The maximum atomic E-state index is 3.89. The van der Waals surface area contributed by atoms with E-state index in [0.717, 1.165) is 12.0 Å². The Labute approximate surface area is 105 Å². The highest BCUT2D eigenvalue weighted by molar-refractivity contribution is 8.00. The van der Waals surface area contributed by atoms with Gasteiger partial charge in [0.2, 0.25) is 0 Å². The maximum Gasteiger partial charge on any atom is 0.0648 e. The molecule has 0 aromatic rings. The Morgan fingerprint density at radius 2 is 1.88 bits per heavy atom. The summed E-state index contributed by atoms with van der Waals surface area (Å²) in [6.45, 7) is 9.51. The molecule has 2 aliphatic rings. The molecular weight excluding hydrogens is 214 g/mol. The Morgan fingerprint density at radius 3 is 2.31 bits per heavy atom. The summed E-state index contributed by atoms with van der Waals surface area (Å²) in [5.41, 5.74) is 0.509. The second-order valence-corrected chi connectivity index (χ2v) is 8.10. The average molecular weight is 241 g/mol. The Morgan fingerprint density at radius 1 is 1.25 bits per heavy atom. The zero-order chi connectivity index (χ0) is 11.8. The van der Waals surface area contributed by atoms with Crippen molar-refractivity contribution < 1.29 is 0 Å². The summed E-state index contributed by atoms with van der Waals surface area (Å²) in [6.07, 6.45) is 6.89. The Hall–Kier alpha value is 0.310. The van der Waals surface area contributed by atoms with Crippen molar-refractivity contribution in [3.63, 3.8) is 0 Å². The van der Waals surface area contributed by atoms with E-state index >= 15 is 0 Å². The molecule has 1 saturated heterocycles. The van der Waals surface area contributed by atoms with Crippen LogP contribution in [0.2, 0.25) is 0 Å². The SMILES string of the molecule is CCC1CSC2(CCC(C(C)(C)C)CC2)N1. The van der Waals surface area contributed by atoms with Crippen molar-refractivity contribution in [1.82, 2.24) is 5.32 Å². The van der Waals surface area contributed by atoms with Gasteiger partial charge in [-0.1, -0.05) is 27.7 Å². The summed E-state index contributed by atoms with van der Waals surface area (Å²) < 4.78 is 0. The van der Waals surface area contributed by atoms with Gasteiger partial charge in [0.1, 0.15) is 0 Å². The largest absolute Gasteiger partial charge is 0.299 e. The van der Waals surface area contributed by atoms with Gasteiger partial charge in [0.15, 0.2) is 0 Å². The van der Waals surface area contributed by atoms with Gasteiger partial charge in [-0.15, -0.1) is 11.8 Å².